The smallest absolute Gasteiger partial charge is 0.341 e. The molecule has 0 aliphatic rings. The predicted molar refractivity (Wildman–Crippen MR) is 75.3 cm³/mol. The van der Waals surface area contributed by atoms with Crippen molar-refractivity contribution in [2.75, 3.05) is 12.3 Å². The molecule has 0 spiro atoms. The molecule has 0 atom stereocenters. The number of carbonyl (C=O) groups is 1. The molecule has 0 unspecified atom stereocenters. The van der Waals surface area contributed by atoms with Crippen LogP contribution in [-0.2, 0) is 14.8 Å². The molecule has 21 heavy (non-hydrogen) atoms. The number of sulfonamides is 1. The fourth-order valence-electron chi connectivity index (χ4n) is 1.72. The van der Waals surface area contributed by atoms with Gasteiger partial charge in [0.15, 0.2) is 0 Å². The number of aromatic nitrogens is 2. The lowest BCUT2D eigenvalue weighted by Gasteiger charge is -2.08. The van der Waals surface area contributed by atoms with E-state index >= 15 is 0 Å². The quantitative estimate of drug-likeness (QED) is 0.616. The molecule has 8 nitrogen and oxygen atoms in total. The summed E-state index contributed by atoms with van der Waals surface area (Å²) < 4.78 is 29.3. The van der Waals surface area contributed by atoms with Gasteiger partial charge in [0, 0.05) is 11.9 Å². The molecule has 0 aliphatic carbocycles. The van der Waals surface area contributed by atoms with Crippen molar-refractivity contribution in [2.24, 2.45) is 5.14 Å². The lowest BCUT2D eigenvalue weighted by molar-refractivity contribution is 0.0526. The van der Waals surface area contributed by atoms with E-state index in [4.69, 9.17) is 15.6 Å². The maximum atomic E-state index is 11.6. The Labute approximate surface area is 121 Å². The average Bonchev–Trinajstić information content (AvgIpc) is 2.87. The van der Waals surface area contributed by atoms with Crippen LogP contribution in [0, 0.1) is 0 Å². The number of anilines is 1. The van der Waals surface area contributed by atoms with Gasteiger partial charge in [-0.3, -0.25) is 0 Å². The third-order valence-corrected chi connectivity index (χ3v) is 3.57. The van der Waals surface area contributed by atoms with Gasteiger partial charge in [-0.2, -0.15) is 5.10 Å². The molecule has 4 N–H and O–H groups in total. The molecular formula is C12H14N4O4S. The molecule has 1 aromatic heterocycles. The van der Waals surface area contributed by atoms with E-state index in [1.165, 1.54) is 35.3 Å². The molecule has 0 fully saturated rings. The number of rotatable bonds is 4. The standard InChI is InChI=1S/C12H14N4O4S/c1-2-20-12(17)8-6-15-16(7-8)10-4-3-9(13)5-11(10)21(14,18)19/h3-7H,2,13H2,1H3,(H2,14,18,19). The molecule has 1 aromatic carbocycles. The fourth-order valence-corrected chi connectivity index (χ4v) is 2.48. The zero-order valence-electron chi connectivity index (χ0n) is 11.2. The average molecular weight is 310 g/mol. The number of nitrogen functional groups attached to an aromatic ring is 1. The molecular weight excluding hydrogens is 296 g/mol. The van der Waals surface area contributed by atoms with Crippen LogP contribution in [0.25, 0.3) is 5.69 Å². The number of carbonyl (C=O) groups excluding carboxylic acids is 1. The lowest BCUT2D eigenvalue weighted by Crippen LogP contribution is -2.16. The highest BCUT2D eigenvalue weighted by molar-refractivity contribution is 7.89. The van der Waals surface area contributed by atoms with Gasteiger partial charge in [0.1, 0.15) is 4.90 Å². The first-order valence-corrected chi connectivity index (χ1v) is 7.52. The van der Waals surface area contributed by atoms with Gasteiger partial charge in [0.05, 0.1) is 24.1 Å². The van der Waals surface area contributed by atoms with Crippen molar-refractivity contribution >= 4 is 21.7 Å². The fraction of sp³-hybridized carbons (Fsp3) is 0.167. The molecule has 2 aromatic rings. The van der Waals surface area contributed by atoms with Gasteiger partial charge in [-0.1, -0.05) is 0 Å². The van der Waals surface area contributed by atoms with Crippen LogP contribution in [0.15, 0.2) is 35.5 Å². The van der Waals surface area contributed by atoms with Crippen LogP contribution in [0.2, 0.25) is 0 Å². The van der Waals surface area contributed by atoms with E-state index in [0.29, 0.717) is 0 Å². The number of benzene rings is 1. The SMILES string of the molecule is CCOC(=O)c1cnn(-c2ccc(N)cc2S(N)(=O)=O)c1. The molecule has 0 bridgehead atoms. The summed E-state index contributed by atoms with van der Waals surface area (Å²) in [5.74, 6) is -0.545. The second-order valence-electron chi connectivity index (χ2n) is 4.17. The van der Waals surface area contributed by atoms with Crippen molar-refractivity contribution in [2.45, 2.75) is 11.8 Å². The van der Waals surface area contributed by atoms with Crippen LogP contribution in [-0.4, -0.2) is 30.8 Å². The maximum Gasteiger partial charge on any atom is 0.341 e. The third-order valence-electron chi connectivity index (χ3n) is 2.63. The van der Waals surface area contributed by atoms with E-state index < -0.39 is 16.0 Å². The normalized spacial score (nSPS) is 11.3. The maximum absolute atomic E-state index is 11.6. The molecule has 112 valence electrons. The van der Waals surface area contributed by atoms with E-state index in [1.807, 2.05) is 0 Å². The van der Waals surface area contributed by atoms with Crippen molar-refractivity contribution in [3.63, 3.8) is 0 Å². The van der Waals surface area contributed by atoms with Crippen LogP contribution in [0.3, 0.4) is 0 Å². The van der Waals surface area contributed by atoms with Crippen molar-refractivity contribution in [3.05, 3.63) is 36.2 Å². The number of hydrogen-bond donors (Lipinski definition) is 2. The first-order chi connectivity index (χ1) is 9.82. The van der Waals surface area contributed by atoms with Gasteiger partial charge in [0.25, 0.3) is 0 Å². The lowest BCUT2D eigenvalue weighted by atomic mass is 10.3. The van der Waals surface area contributed by atoms with Crippen molar-refractivity contribution in [1.29, 1.82) is 0 Å². The van der Waals surface area contributed by atoms with Gasteiger partial charge in [0.2, 0.25) is 10.0 Å². The Balaban J connectivity index is 2.51. The predicted octanol–water partition coefficient (Wildman–Crippen LogP) is 0.279. The minimum Gasteiger partial charge on any atom is -0.462 e. The van der Waals surface area contributed by atoms with Gasteiger partial charge < -0.3 is 10.5 Å². The summed E-state index contributed by atoms with van der Waals surface area (Å²) in [6.07, 6.45) is 2.64. The molecule has 0 radical (unpaired) electrons. The Morgan fingerprint density at radius 1 is 1.43 bits per heavy atom. The van der Waals surface area contributed by atoms with Crippen LogP contribution >= 0.6 is 0 Å². The number of hydrogen-bond acceptors (Lipinski definition) is 6. The van der Waals surface area contributed by atoms with Crippen LogP contribution in [0.1, 0.15) is 17.3 Å². The summed E-state index contributed by atoms with van der Waals surface area (Å²) in [7, 11) is -3.98. The number of esters is 1. The summed E-state index contributed by atoms with van der Waals surface area (Å²) in [5.41, 5.74) is 6.22. The zero-order chi connectivity index (χ0) is 15.6. The van der Waals surface area contributed by atoms with Gasteiger partial charge in [-0.15, -0.1) is 0 Å². The first-order valence-electron chi connectivity index (χ1n) is 5.97. The summed E-state index contributed by atoms with van der Waals surface area (Å²) in [6.45, 7) is 1.91. The van der Waals surface area contributed by atoms with E-state index in [-0.39, 0.29) is 28.4 Å². The highest BCUT2D eigenvalue weighted by Gasteiger charge is 2.18. The van der Waals surface area contributed by atoms with Crippen molar-refractivity contribution < 1.29 is 17.9 Å². The van der Waals surface area contributed by atoms with Crippen molar-refractivity contribution in [3.8, 4) is 5.69 Å². The van der Waals surface area contributed by atoms with E-state index in [2.05, 4.69) is 5.10 Å². The molecule has 9 heteroatoms. The number of nitrogens with two attached hydrogens (primary N) is 2. The Kier molecular flexibility index (Phi) is 3.96. The Morgan fingerprint density at radius 3 is 2.76 bits per heavy atom. The minimum absolute atomic E-state index is 0.180. The summed E-state index contributed by atoms with van der Waals surface area (Å²) >= 11 is 0. The van der Waals surface area contributed by atoms with E-state index in [9.17, 15) is 13.2 Å². The molecule has 0 aliphatic heterocycles. The van der Waals surface area contributed by atoms with Gasteiger partial charge in [-0.25, -0.2) is 23.0 Å². The Hall–Kier alpha value is -2.39. The van der Waals surface area contributed by atoms with Crippen LogP contribution < -0.4 is 10.9 Å². The summed E-state index contributed by atoms with van der Waals surface area (Å²) in [6, 6.07) is 4.20. The van der Waals surface area contributed by atoms with E-state index in [1.54, 1.807) is 6.92 Å². The van der Waals surface area contributed by atoms with E-state index in [0.717, 1.165) is 0 Å². The highest BCUT2D eigenvalue weighted by Crippen LogP contribution is 2.21. The second kappa shape index (κ2) is 5.54. The summed E-state index contributed by atoms with van der Waals surface area (Å²) in [4.78, 5) is 11.4. The molecule has 0 amide bonds. The number of ether oxygens (including phenoxy) is 1. The third kappa shape index (κ3) is 3.20. The molecule has 1 heterocycles. The van der Waals surface area contributed by atoms with Crippen LogP contribution in [0.5, 0.6) is 0 Å². The highest BCUT2D eigenvalue weighted by atomic mass is 32.2. The Bertz CT molecular complexity index is 782. The monoisotopic (exact) mass is 310 g/mol. The largest absolute Gasteiger partial charge is 0.462 e. The molecule has 2 rings (SSSR count). The van der Waals surface area contributed by atoms with Crippen molar-refractivity contribution in [1.82, 2.24) is 9.78 Å². The summed E-state index contributed by atoms with van der Waals surface area (Å²) in [5, 5.41) is 9.11. The molecule has 0 saturated carbocycles. The van der Waals surface area contributed by atoms with Gasteiger partial charge >= 0.3 is 5.97 Å². The first kappa shape index (κ1) is 15.0. The Morgan fingerprint density at radius 2 is 2.14 bits per heavy atom. The minimum atomic E-state index is -3.98. The zero-order valence-corrected chi connectivity index (χ0v) is 12.0. The van der Waals surface area contributed by atoms with Gasteiger partial charge in [-0.05, 0) is 25.1 Å². The number of primary sulfonamides is 1. The molecule has 0 saturated heterocycles. The number of nitrogens with zero attached hydrogens (tertiary/aromatic N) is 2. The van der Waals surface area contributed by atoms with Crippen LogP contribution in [0.4, 0.5) is 5.69 Å². The topological polar surface area (TPSA) is 130 Å². The second-order valence-corrected chi connectivity index (χ2v) is 5.70.